The number of terminal acetylenes is 2. The van der Waals surface area contributed by atoms with Gasteiger partial charge in [0.2, 0.25) is 12.2 Å². The Hall–Kier alpha value is -8.71. The fourth-order valence-electron chi connectivity index (χ4n) is 1.57. The molecule has 0 aliphatic carbocycles. The number of hydrazine groups is 1. The normalized spacial score (nSPS) is 5.74. The molecule has 220 valence electrons. The Labute approximate surface area is 259 Å². The zero-order valence-electron chi connectivity index (χ0n) is 21.4. The van der Waals surface area contributed by atoms with Crippen molar-refractivity contribution in [3.05, 3.63) is 31.5 Å². The van der Waals surface area contributed by atoms with E-state index < -0.39 is 17.1 Å². The molecule has 0 spiro atoms. The van der Waals surface area contributed by atoms with Gasteiger partial charge in [0.1, 0.15) is 0 Å². The molecule has 0 aliphatic rings. The van der Waals surface area contributed by atoms with Gasteiger partial charge in [-0.3, -0.25) is 10.9 Å². The predicted octanol–water partition coefficient (Wildman–Crippen LogP) is -1.24. The van der Waals surface area contributed by atoms with Crippen LogP contribution in [-0.2, 0) is 9.59 Å². The van der Waals surface area contributed by atoms with E-state index in [0.717, 1.165) is 12.2 Å². The average Bonchev–Trinajstić information content (AvgIpc) is 2.99. The van der Waals surface area contributed by atoms with Crippen molar-refractivity contribution in [1.29, 1.82) is 10.8 Å². The van der Waals surface area contributed by atoms with Gasteiger partial charge in [-0.05, 0) is 48.4 Å². The Morgan fingerprint density at radius 2 is 1.02 bits per heavy atom. The summed E-state index contributed by atoms with van der Waals surface area (Å²) in [5.74, 6) is 38.6. The fraction of sp³-hybridized carbons (Fsp3) is 0.0333. The number of nitrogens with zero attached hydrogens (tertiary/aromatic N) is 3. The molecule has 0 saturated carbocycles. The summed E-state index contributed by atoms with van der Waals surface area (Å²) in [6.07, 6.45) is 13.4. The van der Waals surface area contributed by atoms with Crippen LogP contribution in [0.4, 0.5) is 0 Å². The molecule has 0 amide bonds. The third-order valence-corrected chi connectivity index (χ3v) is 2.84. The van der Waals surface area contributed by atoms with Crippen LogP contribution < -0.4 is 32.8 Å². The summed E-state index contributed by atoms with van der Waals surface area (Å²) in [5.41, 5.74) is 0.978. The first kappa shape index (κ1) is 36.4. The molecule has 4 N–H and O–H groups in total. The quantitative estimate of drug-likeness (QED) is 0.0833. The van der Waals surface area contributed by atoms with Gasteiger partial charge in [-0.1, -0.05) is 10.7 Å². The Morgan fingerprint density at radius 1 is 0.628 bits per heavy atom. The smallest absolute Gasteiger partial charge is 0.311 e. The molecule has 0 radical (unpaired) electrons. The molecular formula is C30H29N7O6. The molecule has 0 bridgehead atoms. The van der Waals surface area contributed by atoms with Crippen LogP contribution in [0.2, 0.25) is 0 Å². The van der Waals surface area contributed by atoms with Crippen molar-refractivity contribution in [3.63, 3.8) is 0 Å². The van der Waals surface area contributed by atoms with Crippen LogP contribution in [0.1, 0.15) is 21.2 Å². The van der Waals surface area contributed by atoms with Crippen LogP contribution in [0.5, 0.6) is 0 Å². The van der Waals surface area contributed by atoms with Gasteiger partial charge in [-0.15, -0.1) is 12.8 Å². The maximum absolute atomic E-state index is 12.6. The van der Waals surface area contributed by atoms with E-state index in [2.05, 4.69) is 124 Å². The third-order valence-electron chi connectivity index (χ3n) is 2.84. The number of aromatic nitrogens is 3. The number of carbonyl (C=O) groups excluding carboxylic acids is 2. The molecule has 0 aliphatic heterocycles. The summed E-state index contributed by atoms with van der Waals surface area (Å²) in [5, 5.41) is 10.8. The monoisotopic (exact) mass is 583 g/mol. The Bertz CT molecular complexity index is 2130. The standard InChI is InChI=1S/C28H7N5O4.2CHNO.10H2/c1-4-7-10-12-14-18-23-31-26(34)32(24-19-15-13-11-8-5-2)28(36)33(27(31)35)37-25-20-17-22-30-29-21-16-9-6-3;2*2-1-3;;;;;;;;;;/h1-2,29-30H,3H3;2*2H;10*1H. The van der Waals surface area contributed by atoms with Crippen LogP contribution in [0.3, 0.4) is 0 Å². The molecule has 1 aromatic rings. The van der Waals surface area contributed by atoms with Gasteiger partial charge >= 0.3 is 17.1 Å². The van der Waals surface area contributed by atoms with Crippen molar-refractivity contribution >= 4 is 12.2 Å². The minimum absolute atomic E-state index is 0. The maximum atomic E-state index is 12.6. The second kappa shape index (κ2) is 26.4. The minimum atomic E-state index is -1.29. The lowest BCUT2D eigenvalue weighted by molar-refractivity contribution is 0.196. The molecule has 13 heteroatoms. The Balaban J connectivity index is -0.0000000981. The van der Waals surface area contributed by atoms with E-state index in [1.54, 1.807) is 6.92 Å². The molecule has 0 aromatic carbocycles. The molecule has 0 saturated heterocycles. The minimum Gasteiger partial charge on any atom is -0.311 e. The van der Waals surface area contributed by atoms with Crippen molar-refractivity contribution in [2.75, 3.05) is 0 Å². The highest BCUT2D eigenvalue weighted by Gasteiger charge is 2.14. The van der Waals surface area contributed by atoms with Gasteiger partial charge in [0.25, 0.3) is 0 Å². The molecule has 0 unspecified atom stereocenters. The lowest BCUT2D eigenvalue weighted by atomic mass is 10.5. The molecule has 0 fully saturated rings. The maximum Gasteiger partial charge on any atom is 0.383 e. The van der Waals surface area contributed by atoms with E-state index >= 15 is 0 Å². The summed E-state index contributed by atoms with van der Waals surface area (Å²) in [4.78, 5) is 59.3. The summed E-state index contributed by atoms with van der Waals surface area (Å²) < 4.78 is 0.737. The van der Waals surface area contributed by atoms with Crippen molar-refractivity contribution in [2.45, 2.75) is 6.92 Å². The summed E-state index contributed by atoms with van der Waals surface area (Å²) >= 11 is 0. The SMILES string of the molecule is C#CC#CC#CC#Cn1c(=O)n(C#CC#CC#CC#C)c(=O)n(OC#CC#CNNC#CC#CC)c1=O.N=C=O.N=C=O.[HH].[HH].[HH].[HH].[HH].[HH].[HH].[HH].[HH].[HH]. The molecule has 1 rings (SSSR count). The lowest BCUT2D eigenvalue weighted by Gasteiger charge is -2.03. The first-order valence-corrected chi connectivity index (χ1v) is 10.0. The van der Waals surface area contributed by atoms with Gasteiger partial charge in [-0.2, -0.15) is 9.13 Å². The van der Waals surface area contributed by atoms with Crippen LogP contribution in [0.15, 0.2) is 14.4 Å². The number of rotatable bonds is 2. The zero-order valence-corrected chi connectivity index (χ0v) is 21.4. The summed E-state index contributed by atoms with van der Waals surface area (Å²) in [6, 6.07) is 9.07. The molecule has 1 heterocycles. The van der Waals surface area contributed by atoms with E-state index in [1.165, 1.54) is 0 Å². The number of nitrogens with one attached hydrogen (secondary N) is 4. The molecule has 13 nitrogen and oxygen atoms in total. The van der Waals surface area contributed by atoms with Crippen LogP contribution >= 0.6 is 0 Å². The fourth-order valence-corrected chi connectivity index (χ4v) is 1.57. The average molecular weight is 584 g/mol. The van der Waals surface area contributed by atoms with E-state index in [9.17, 15) is 14.4 Å². The van der Waals surface area contributed by atoms with Crippen molar-refractivity contribution in [3.8, 4) is 144 Å². The van der Waals surface area contributed by atoms with Crippen LogP contribution in [-0.4, -0.2) is 26.0 Å². The highest BCUT2D eigenvalue weighted by atomic mass is 16.7. The highest BCUT2D eigenvalue weighted by Crippen LogP contribution is 1.69. The van der Waals surface area contributed by atoms with Gasteiger partial charge in [-0.25, -0.2) is 34.8 Å². The molecular weight excluding hydrogens is 554 g/mol. The first-order valence-electron chi connectivity index (χ1n) is 10.0. The van der Waals surface area contributed by atoms with E-state index in [1.807, 2.05) is 17.9 Å². The van der Waals surface area contributed by atoms with Crippen LogP contribution in [0.25, 0.3) is 0 Å². The number of isocyanates is 2. The van der Waals surface area contributed by atoms with E-state index in [-0.39, 0.29) is 19.0 Å². The highest BCUT2D eigenvalue weighted by molar-refractivity contribution is 5.40. The van der Waals surface area contributed by atoms with Gasteiger partial charge in [0.05, 0.1) is 0 Å². The van der Waals surface area contributed by atoms with E-state index in [4.69, 9.17) is 38.1 Å². The third kappa shape index (κ3) is 17.4. The topological polar surface area (TPSA) is 181 Å². The molecule has 0 atom stereocenters. The second-order valence-electron chi connectivity index (χ2n) is 5.22. The zero-order chi connectivity index (χ0) is 32.6. The summed E-state index contributed by atoms with van der Waals surface area (Å²) in [7, 11) is 0. The Morgan fingerprint density at radius 3 is 1.44 bits per heavy atom. The second-order valence-corrected chi connectivity index (χ2v) is 5.22. The number of hydrogen-bond donors (Lipinski definition) is 4. The van der Waals surface area contributed by atoms with Crippen molar-refractivity contribution in [2.24, 2.45) is 0 Å². The predicted molar refractivity (Wildman–Crippen MR) is 172 cm³/mol. The van der Waals surface area contributed by atoms with E-state index in [0.29, 0.717) is 9.13 Å². The van der Waals surface area contributed by atoms with Gasteiger partial charge in [0.15, 0.2) is 6.11 Å². The van der Waals surface area contributed by atoms with Crippen LogP contribution in [0, 0.1) is 155 Å². The molecule has 43 heavy (non-hydrogen) atoms. The van der Waals surface area contributed by atoms with Gasteiger partial charge in [0, 0.05) is 91.7 Å². The largest absolute Gasteiger partial charge is 0.383 e. The summed E-state index contributed by atoms with van der Waals surface area (Å²) in [6.45, 7) is 1.63. The van der Waals surface area contributed by atoms with Crippen molar-refractivity contribution < 1.29 is 28.7 Å². The lowest BCUT2D eigenvalue weighted by Crippen LogP contribution is -2.54. The van der Waals surface area contributed by atoms with Crippen molar-refractivity contribution in [1.82, 2.24) is 24.7 Å². The first-order chi connectivity index (χ1) is 20.9. The Kier molecular flexibility index (Phi) is 22.3. The number of hydrogen-bond acceptors (Lipinski definition) is 10. The van der Waals surface area contributed by atoms with Gasteiger partial charge < -0.3 is 4.84 Å². The molecule has 1 aromatic heterocycles.